The van der Waals surface area contributed by atoms with Gasteiger partial charge in [-0.25, -0.2) is 0 Å². The number of benzene rings is 1. The molecule has 126 valence electrons. The second-order valence-corrected chi connectivity index (χ2v) is 6.80. The van der Waals surface area contributed by atoms with Gasteiger partial charge >= 0.3 is 0 Å². The van der Waals surface area contributed by atoms with E-state index >= 15 is 0 Å². The number of piperidine rings is 2. The normalized spacial score (nSPS) is 20.9. The van der Waals surface area contributed by atoms with Gasteiger partial charge in [-0.1, -0.05) is 24.3 Å². The summed E-state index contributed by atoms with van der Waals surface area (Å²) in [5.41, 5.74) is 2.59. The molecule has 0 aliphatic carbocycles. The van der Waals surface area contributed by atoms with Crippen LogP contribution in [-0.4, -0.2) is 48.5 Å². The maximum absolute atomic E-state index is 12.1. The summed E-state index contributed by atoms with van der Waals surface area (Å²) in [7, 11) is 1.74. The molecule has 4 heteroatoms. The molecule has 0 radical (unpaired) electrons. The Morgan fingerprint density at radius 3 is 2.65 bits per heavy atom. The Hall–Kier alpha value is -1.39. The van der Waals surface area contributed by atoms with Crippen molar-refractivity contribution >= 4 is 5.91 Å². The van der Waals surface area contributed by atoms with Crippen LogP contribution in [-0.2, 0) is 22.7 Å². The van der Waals surface area contributed by atoms with Gasteiger partial charge in [-0.2, -0.15) is 0 Å². The van der Waals surface area contributed by atoms with E-state index in [1.54, 1.807) is 7.11 Å². The molecule has 2 saturated heterocycles. The van der Waals surface area contributed by atoms with Crippen LogP contribution in [0.5, 0.6) is 0 Å². The molecule has 1 amide bonds. The van der Waals surface area contributed by atoms with Gasteiger partial charge in [0.1, 0.15) is 0 Å². The summed E-state index contributed by atoms with van der Waals surface area (Å²) in [5, 5.41) is 0. The predicted octanol–water partition coefficient (Wildman–Crippen LogP) is 2.81. The minimum atomic E-state index is 0.377. The van der Waals surface area contributed by atoms with E-state index in [2.05, 4.69) is 34.1 Å². The number of rotatable bonds is 5. The van der Waals surface area contributed by atoms with Crippen LogP contribution in [0.3, 0.4) is 0 Å². The molecule has 0 bridgehead atoms. The van der Waals surface area contributed by atoms with Crippen LogP contribution < -0.4 is 0 Å². The van der Waals surface area contributed by atoms with Crippen molar-refractivity contribution in [1.82, 2.24) is 9.80 Å². The van der Waals surface area contributed by atoms with Crippen molar-refractivity contribution in [2.75, 3.05) is 26.7 Å². The Morgan fingerprint density at radius 1 is 1.13 bits per heavy atom. The number of carbonyl (C=O) groups is 1. The van der Waals surface area contributed by atoms with Crippen LogP contribution in [0.4, 0.5) is 0 Å². The molecule has 0 aromatic heterocycles. The fraction of sp³-hybridized carbons (Fsp3) is 0.632. The van der Waals surface area contributed by atoms with Crippen LogP contribution >= 0.6 is 0 Å². The van der Waals surface area contributed by atoms with Gasteiger partial charge in [-0.05, 0) is 36.8 Å². The number of likely N-dealkylation sites (tertiary alicyclic amines) is 2. The third-order valence-electron chi connectivity index (χ3n) is 5.07. The van der Waals surface area contributed by atoms with Gasteiger partial charge in [0.05, 0.1) is 6.61 Å². The zero-order valence-electron chi connectivity index (χ0n) is 14.2. The van der Waals surface area contributed by atoms with Gasteiger partial charge < -0.3 is 9.64 Å². The van der Waals surface area contributed by atoms with Gasteiger partial charge in [0, 0.05) is 45.8 Å². The number of nitrogens with zero attached hydrogens (tertiary/aromatic N) is 2. The molecule has 0 N–H and O–H groups in total. The SMILES string of the molecule is COCc1cccc(CN2CCC(N3CCCCC3=O)CC2)c1. The highest BCUT2D eigenvalue weighted by molar-refractivity contribution is 5.77. The second-order valence-electron chi connectivity index (χ2n) is 6.80. The van der Waals surface area contributed by atoms with Crippen molar-refractivity contribution in [2.24, 2.45) is 0 Å². The molecule has 4 nitrogen and oxygen atoms in total. The van der Waals surface area contributed by atoms with Gasteiger partial charge in [0.15, 0.2) is 0 Å². The molecule has 2 fully saturated rings. The number of hydrogen-bond donors (Lipinski definition) is 0. The highest BCUT2D eigenvalue weighted by Crippen LogP contribution is 2.22. The van der Waals surface area contributed by atoms with E-state index in [9.17, 15) is 4.79 Å². The van der Waals surface area contributed by atoms with Gasteiger partial charge in [-0.15, -0.1) is 0 Å². The van der Waals surface area contributed by atoms with Crippen LogP contribution in [0.2, 0.25) is 0 Å². The van der Waals surface area contributed by atoms with Gasteiger partial charge in [-0.3, -0.25) is 9.69 Å². The maximum atomic E-state index is 12.1. The zero-order chi connectivity index (χ0) is 16.1. The number of ether oxygens (including phenoxy) is 1. The molecule has 0 unspecified atom stereocenters. The molecule has 0 atom stereocenters. The Balaban J connectivity index is 1.51. The topological polar surface area (TPSA) is 32.8 Å². The van der Waals surface area contributed by atoms with E-state index in [0.29, 0.717) is 18.6 Å². The van der Waals surface area contributed by atoms with E-state index in [-0.39, 0.29) is 0 Å². The molecule has 3 rings (SSSR count). The Labute approximate surface area is 139 Å². The molecule has 0 spiro atoms. The van der Waals surface area contributed by atoms with Crippen molar-refractivity contribution in [1.29, 1.82) is 0 Å². The smallest absolute Gasteiger partial charge is 0.222 e. The summed E-state index contributed by atoms with van der Waals surface area (Å²) in [4.78, 5) is 16.7. The Bertz CT molecular complexity index is 524. The average Bonchev–Trinajstić information content (AvgIpc) is 2.57. The molecule has 2 heterocycles. The summed E-state index contributed by atoms with van der Waals surface area (Å²) in [6.45, 7) is 4.82. The lowest BCUT2D eigenvalue weighted by molar-refractivity contribution is -0.136. The van der Waals surface area contributed by atoms with Crippen molar-refractivity contribution in [3.8, 4) is 0 Å². The molecule has 0 saturated carbocycles. The molecular formula is C19H28N2O2. The predicted molar refractivity (Wildman–Crippen MR) is 91.0 cm³/mol. The standard InChI is InChI=1S/C19H28N2O2/c1-23-15-17-6-4-5-16(13-17)14-20-11-8-18(9-12-20)21-10-3-2-7-19(21)22/h4-6,13,18H,2-3,7-12,14-15H2,1H3. The van der Waals surface area contributed by atoms with Crippen molar-refractivity contribution in [2.45, 2.75) is 51.3 Å². The second kappa shape index (κ2) is 7.93. The highest BCUT2D eigenvalue weighted by Gasteiger charge is 2.29. The molecule has 1 aromatic rings. The molecular weight excluding hydrogens is 288 g/mol. The van der Waals surface area contributed by atoms with Crippen molar-refractivity contribution in [3.63, 3.8) is 0 Å². The lowest BCUT2D eigenvalue weighted by atomic mass is 9.99. The highest BCUT2D eigenvalue weighted by atomic mass is 16.5. The third kappa shape index (κ3) is 4.33. The van der Waals surface area contributed by atoms with Gasteiger partial charge in [0.25, 0.3) is 0 Å². The van der Waals surface area contributed by atoms with E-state index in [4.69, 9.17) is 4.74 Å². The first-order valence-electron chi connectivity index (χ1n) is 8.85. The van der Waals surface area contributed by atoms with E-state index in [0.717, 1.165) is 51.9 Å². The first-order chi connectivity index (χ1) is 11.3. The monoisotopic (exact) mass is 316 g/mol. The number of methoxy groups -OCH3 is 1. The maximum Gasteiger partial charge on any atom is 0.222 e. The van der Waals surface area contributed by atoms with Crippen LogP contribution in [0.25, 0.3) is 0 Å². The first kappa shape index (κ1) is 16.5. The lowest BCUT2D eigenvalue weighted by Crippen LogP contribution is -2.48. The number of amides is 1. The minimum Gasteiger partial charge on any atom is -0.380 e. The van der Waals surface area contributed by atoms with E-state index in [1.165, 1.54) is 17.5 Å². The van der Waals surface area contributed by atoms with E-state index < -0.39 is 0 Å². The van der Waals surface area contributed by atoms with Gasteiger partial charge in [0.2, 0.25) is 5.91 Å². The summed E-state index contributed by atoms with van der Waals surface area (Å²) in [6.07, 6.45) is 5.24. The van der Waals surface area contributed by atoms with Crippen LogP contribution in [0, 0.1) is 0 Å². The largest absolute Gasteiger partial charge is 0.380 e. The Kier molecular flexibility index (Phi) is 5.68. The molecule has 2 aliphatic heterocycles. The summed E-state index contributed by atoms with van der Waals surface area (Å²) < 4.78 is 5.21. The van der Waals surface area contributed by atoms with Crippen LogP contribution in [0.1, 0.15) is 43.2 Å². The lowest BCUT2D eigenvalue weighted by Gasteiger charge is -2.40. The van der Waals surface area contributed by atoms with Crippen molar-refractivity contribution < 1.29 is 9.53 Å². The number of carbonyl (C=O) groups excluding carboxylic acids is 1. The number of hydrogen-bond acceptors (Lipinski definition) is 3. The summed E-state index contributed by atoms with van der Waals surface area (Å²) in [6, 6.07) is 9.13. The quantitative estimate of drug-likeness (QED) is 0.837. The first-order valence-corrected chi connectivity index (χ1v) is 8.85. The van der Waals surface area contributed by atoms with Crippen molar-refractivity contribution in [3.05, 3.63) is 35.4 Å². The fourth-order valence-electron chi connectivity index (χ4n) is 3.84. The van der Waals surface area contributed by atoms with Crippen LogP contribution in [0.15, 0.2) is 24.3 Å². The average molecular weight is 316 g/mol. The Morgan fingerprint density at radius 2 is 1.91 bits per heavy atom. The third-order valence-corrected chi connectivity index (χ3v) is 5.07. The summed E-state index contributed by atoms with van der Waals surface area (Å²) in [5.74, 6) is 0.377. The molecule has 2 aliphatic rings. The zero-order valence-corrected chi connectivity index (χ0v) is 14.2. The summed E-state index contributed by atoms with van der Waals surface area (Å²) >= 11 is 0. The van der Waals surface area contributed by atoms with E-state index in [1.807, 2.05) is 0 Å². The molecule has 1 aromatic carbocycles. The fourth-order valence-corrected chi connectivity index (χ4v) is 3.84. The molecule has 23 heavy (non-hydrogen) atoms. The minimum absolute atomic E-state index is 0.377.